The van der Waals surface area contributed by atoms with E-state index in [-0.39, 0.29) is 30.1 Å². The Balaban J connectivity index is 1.49. The Morgan fingerprint density at radius 1 is 0.730 bits per heavy atom. The molecule has 0 radical (unpaired) electrons. The topological polar surface area (TPSA) is 104 Å². The van der Waals surface area contributed by atoms with E-state index in [1.165, 1.54) is 12.1 Å². The van der Waals surface area contributed by atoms with Gasteiger partial charge in [-0.2, -0.15) is 28.1 Å². The first kappa shape index (κ1) is 25.4. The number of carbonyl (C=O) groups excluding carboxylic acids is 1. The van der Waals surface area contributed by atoms with Gasteiger partial charge in [-0.3, -0.25) is 4.79 Å². The number of amides is 1. The highest BCUT2D eigenvalue weighted by Gasteiger charge is 2.30. The zero-order chi connectivity index (χ0) is 26.4. The van der Waals surface area contributed by atoms with Gasteiger partial charge in [-0.25, -0.2) is 0 Å². The summed E-state index contributed by atoms with van der Waals surface area (Å²) in [6.45, 7) is 3.67. The highest BCUT2D eigenvalue weighted by Crippen LogP contribution is 2.30. The van der Waals surface area contributed by atoms with E-state index < -0.39 is 17.6 Å². The molecule has 1 amide bonds. The molecule has 0 saturated heterocycles. The second-order valence-corrected chi connectivity index (χ2v) is 8.27. The number of aromatic nitrogens is 3. The fourth-order valence-electron chi connectivity index (χ4n) is 3.24. The monoisotopic (exact) mass is 507 g/mol. The van der Waals surface area contributed by atoms with Crippen LogP contribution in [0.2, 0.25) is 0 Å². The van der Waals surface area contributed by atoms with Gasteiger partial charge < -0.3 is 21.3 Å². The van der Waals surface area contributed by atoms with E-state index >= 15 is 0 Å². The summed E-state index contributed by atoms with van der Waals surface area (Å²) < 4.78 is 38.8. The zero-order valence-corrected chi connectivity index (χ0v) is 20.0. The summed E-state index contributed by atoms with van der Waals surface area (Å²) in [4.78, 5) is 25.4. The van der Waals surface area contributed by atoms with Gasteiger partial charge in [0.25, 0.3) is 0 Å². The minimum absolute atomic E-state index is 0.0284. The predicted octanol–water partition coefficient (Wildman–Crippen LogP) is 6.05. The second-order valence-electron chi connectivity index (χ2n) is 8.27. The maximum absolute atomic E-state index is 12.9. The molecule has 4 N–H and O–H groups in total. The van der Waals surface area contributed by atoms with Crippen LogP contribution in [0.1, 0.15) is 16.7 Å². The maximum atomic E-state index is 12.9. The standard InChI is InChI=1S/C26H24F3N7O/c1-16-6-10-19(11-7-16)32-24-34-23(35-25(36-24)33-20-12-8-17(2)9-13-20)30-15-22(37)31-21-5-3-4-18(14-21)26(27,28)29/h3-14H,15H2,1-2H3,(H,31,37)(H3,30,32,33,34,35,36). The number of hydrogen-bond donors (Lipinski definition) is 4. The summed E-state index contributed by atoms with van der Waals surface area (Å²) in [5.74, 6) is -0.0113. The van der Waals surface area contributed by atoms with E-state index in [2.05, 4.69) is 36.2 Å². The van der Waals surface area contributed by atoms with Crippen LogP contribution >= 0.6 is 0 Å². The molecule has 1 heterocycles. The third kappa shape index (κ3) is 7.40. The van der Waals surface area contributed by atoms with Crippen molar-refractivity contribution in [3.8, 4) is 0 Å². The molecule has 0 unspecified atom stereocenters. The minimum atomic E-state index is -4.51. The number of aryl methyl sites for hydroxylation is 2. The molecule has 0 spiro atoms. The molecule has 0 atom stereocenters. The van der Waals surface area contributed by atoms with E-state index in [4.69, 9.17) is 0 Å². The molecular formula is C26H24F3N7O. The SMILES string of the molecule is Cc1ccc(Nc2nc(NCC(=O)Nc3cccc(C(F)(F)F)c3)nc(Nc3ccc(C)cc3)n2)cc1. The van der Waals surface area contributed by atoms with Crippen LogP contribution in [0.5, 0.6) is 0 Å². The zero-order valence-electron chi connectivity index (χ0n) is 20.0. The molecule has 0 aliphatic heterocycles. The molecule has 1 aromatic heterocycles. The molecule has 4 rings (SSSR count). The van der Waals surface area contributed by atoms with E-state index in [1.54, 1.807) is 0 Å². The van der Waals surface area contributed by atoms with Gasteiger partial charge in [0, 0.05) is 17.1 Å². The Bertz CT molecular complexity index is 1310. The number of alkyl halides is 3. The Labute approximate surface area is 211 Å². The van der Waals surface area contributed by atoms with Crippen molar-refractivity contribution in [2.45, 2.75) is 20.0 Å². The highest BCUT2D eigenvalue weighted by molar-refractivity contribution is 5.93. The maximum Gasteiger partial charge on any atom is 0.416 e. The molecule has 0 aliphatic carbocycles. The predicted molar refractivity (Wildman–Crippen MR) is 137 cm³/mol. The van der Waals surface area contributed by atoms with Crippen LogP contribution in [-0.2, 0) is 11.0 Å². The average molecular weight is 508 g/mol. The van der Waals surface area contributed by atoms with Crippen LogP contribution in [0, 0.1) is 13.8 Å². The number of rotatable bonds is 8. The van der Waals surface area contributed by atoms with Crippen molar-refractivity contribution >= 4 is 40.8 Å². The van der Waals surface area contributed by atoms with Crippen LogP contribution in [0.4, 0.5) is 48.1 Å². The van der Waals surface area contributed by atoms with Crippen molar-refractivity contribution in [3.05, 3.63) is 89.5 Å². The molecule has 4 aromatic rings. The second kappa shape index (κ2) is 10.9. The molecule has 8 nitrogen and oxygen atoms in total. The third-order valence-corrected chi connectivity index (χ3v) is 5.13. The summed E-state index contributed by atoms with van der Waals surface area (Å²) in [7, 11) is 0. The molecule has 11 heteroatoms. The third-order valence-electron chi connectivity index (χ3n) is 5.13. The van der Waals surface area contributed by atoms with E-state index in [0.717, 1.165) is 34.6 Å². The van der Waals surface area contributed by atoms with Crippen molar-refractivity contribution < 1.29 is 18.0 Å². The lowest BCUT2D eigenvalue weighted by atomic mass is 10.2. The summed E-state index contributed by atoms with van der Waals surface area (Å²) in [5.41, 5.74) is 2.88. The largest absolute Gasteiger partial charge is 0.416 e. The van der Waals surface area contributed by atoms with Gasteiger partial charge in [0.1, 0.15) is 0 Å². The van der Waals surface area contributed by atoms with Gasteiger partial charge in [-0.1, -0.05) is 41.5 Å². The molecule has 0 aliphatic rings. The fourth-order valence-corrected chi connectivity index (χ4v) is 3.24. The van der Waals surface area contributed by atoms with E-state index in [9.17, 15) is 18.0 Å². The quantitative estimate of drug-likeness (QED) is 0.230. The normalized spacial score (nSPS) is 11.1. The fraction of sp³-hybridized carbons (Fsp3) is 0.154. The van der Waals surface area contributed by atoms with Crippen molar-refractivity contribution in [3.63, 3.8) is 0 Å². The van der Waals surface area contributed by atoms with Gasteiger partial charge in [-0.05, 0) is 56.3 Å². The number of anilines is 6. The van der Waals surface area contributed by atoms with Crippen LogP contribution in [0.15, 0.2) is 72.8 Å². The number of benzene rings is 3. The van der Waals surface area contributed by atoms with Crippen LogP contribution < -0.4 is 21.3 Å². The number of halogens is 3. The van der Waals surface area contributed by atoms with Gasteiger partial charge in [0.05, 0.1) is 12.1 Å². The highest BCUT2D eigenvalue weighted by atomic mass is 19.4. The van der Waals surface area contributed by atoms with Crippen molar-refractivity contribution in [1.29, 1.82) is 0 Å². The molecule has 0 saturated carbocycles. The van der Waals surface area contributed by atoms with Gasteiger partial charge >= 0.3 is 6.18 Å². The smallest absolute Gasteiger partial charge is 0.345 e. The molecule has 37 heavy (non-hydrogen) atoms. The van der Waals surface area contributed by atoms with Crippen LogP contribution in [0.25, 0.3) is 0 Å². The van der Waals surface area contributed by atoms with E-state index in [1.807, 2.05) is 62.4 Å². The van der Waals surface area contributed by atoms with Gasteiger partial charge in [0.2, 0.25) is 23.8 Å². The van der Waals surface area contributed by atoms with Gasteiger partial charge in [-0.15, -0.1) is 0 Å². The molecule has 190 valence electrons. The lowest BCUT2D eigenvalue weighted by Crippen LogP contribution is -2.23. The first-order chi connectivity index (χ1) is 17.6. The molecule has 0 fully saturated rings. The summed E-state index contributed by atoms with van der Waals surface area (Å²) in [6.07, 6.45) is -4.51. The Morgan fingerprint density at radius 3 is 1.76 bits per heavy atom. The Hall–Kier alpha value is -4.67. The molecule has 3 aromatic carbocycles. The number of nitrogens with one attached hydrogen (secondary N) is 4. The van der Waals surface area contributed by atoms with Crippen molar-refractivity contribution in [1.82, 2.24) is 15.0 Å². The Kier molecular flexibility index (Phi) is 7.52. The molecule has 0 bridgehead atoms. The average Bonchev–Trinajstić information content (AvgIpc) is 2.85. The molecular weight excluding hydrogens is 483 g/mol. The first-order valence-corrected chi connectivity index (χ1v) is 11.3. The number of carbonyl (C=O) groups is 1. The van der Waals surface area contributed by atoms with Crippen LogP contribution in [0.3, 0.4) is 0 Å². The number of hydrogen-bond acceptors (Lipinski definition) is 7. The van der Waals surface area contributed by atoms with Crippen molar-refractivity contribution in [2.24, 2.45) is 0 Å². The Morgan fingerprint density at radius 2 is 1.24 bits per heavy atom. The van der Waals surface area contributed by atoms with E-state index in [0.29, 0.717) is 0 Å². The van der Waals surface area contributed by atoms with Crippen molar-refractivity contribution in [2.75, 3.05) is 27.8 Å². The number of nitrogens with zero attached hydrogens (tertiary/aromatic N) is 3. The lowest BCUT2D eigenvalue weighted by molar-refractivity contribution is -0.137. The summed E-state index contributed by atoms with van der Waals surface area (Å²) in [6, 6.07) is 19.7. The van der Waals surface area contributed by atoms with Crippen LogP contribution in [-0.4, -0.2) is 27.4 Å². The summed E-state index contributed by atoms with van der Waals surface area (Å²) >= 11 is 0. The van der Waals surface area contributed by atoms with Gasteiger partial charge in [0.15, 0.2) is 0 Å². The first-order valence-electron chi connectivity index (χ1n) is 11.3. The minimum Gasteiger partial charge on any atom is -0.345 e. The summed E-state index contributed by atoms with van der Waals surface area (Å²) in [5, 5.41) is 11.5. The lowest BCUT2D eigenvalue weighted by Gasteiger charge is -2.12.